The van der Waals surface area contributed by atoms with Gasteiger partial charge in [0.2, 0.25) is 5.91 Å². The molecule has 2 saturated heterocycles. The van der Waals surface area contributed by atoms with Gasteiger partial charge in [-0.1, -0.05) is 0 Å². The number of aliphatic hydroxyl groups is 1. The maximum Gasteiger partial charge on any atom is 0.410 e. The molecule has 2 fully saturated rings. The van der Waals surface area contributed by atoms with E-state index in [0.717, 1.165) is 0 Å². The molecule has 0 spiro atoms. The first kappa shape index (κ1) is 23.4. The van der Waals surface area contributed by atoms with Crippen LogP contribution in [0.2, 0.25) is 0 Å². The predicted octanol–water partition coefficient (Wildman–Crippen LogP) is 1.03. The van der Waals surface area contributed by atoms with Gasteiger partial charge in [-0.25, -0.2) is 9.59 Å². The van der Waals surface area contributed by atoms with Crippen molar-refractivity contribution in [3.63, 3.8) is 0 Å². The van der Waals surface area contributed by atoms with Crippen molar-refractivity contribution >= 4 is 18.0 Å². The number of rotatable bonds is 6. The van der Waals surface area contributed by atoms with E-state index in [-0.39, 0.29) is 25.0 Å². The standard InChI is InChI=1S/C20H34N2O7/c1-6-28-18(25)16(13-8-10-27-12-13)21(5)17(24)14-7-9-22(15(14)11-23)19(26)29-20(2,3)4/h13-16,23H,6-12H2,1-5H3/t13-,14-,15+,16-/m0/s1. The van der Waals surface area contributed by atoms with Crippen LogP contribution < -0.4 is 0 Å². The van der Waals surface area contributed by atoms with Gasteiger partial charge in [0.15, 0.2) is 0 Å². The molecule has 9 heteroatoms. The van der Waals surface area contributed by atoms with Gasteiger partial charge in [0.1, 0.15) is 11.6 Å². The summed E-state index contributed by atoms with van der Waals surface area (Å²) >= 11 is 0. The third-order valence-corrected chi connectivity index (χ3v) is 5.38. The van der Waals surface area contributed by atoms with Gasteiger partial charge in [0, 0.05) is 26.1 Å². The second-order valence-corrected chi connectivity index (χ2v) is 8.59. The van der Waals surface area contributed by atoms with Gasteiger partial charge in [-0.2, -0.15) is 0 Å². The highest BCUT2D eigenvalue weighted by Crippen LogP contribution is 2.30. The largest absolute Gasteiger partial charge is 0.464 e. The van der Waals surface area contributed by atoms with Crippen LogP contribution in [-0.4, -0.2) is 90.6 Å². The van der Waals surface area contributed by atoms with Crippen LogP contribution in [0.3, 0.4) is 0 Å². The van der Waals surface area contributed by atoms with Crippen LogP contribution in [0.5, 0.6) is 0 Å². The summed E-state index contributed by atoms with van der Waals surface area (Å²) in [6, 6.07) is -1.44. The van der Waals surface area contributed by atoms with E-state index < -0.39 is 35.7 Å². The summed E-state index contributed by atoms with van der Waals surface area (Å²) in [7, 11) is 1.58. The molecule has 2 rings (SSSR count). The Bertz CT molecular complexity index is 598. The molecule has 0 aliphatic carbocycles. The zero-order chi connectivity index (χ0) is 21.8. The van der Waals surface area contributed by atoms with Crippen LogP contribution in [-0.2, 0) is 23.8 Å². The first-order valence-electron chi connectivity index (χ1n) is 10.2. The minimum Gasteiger partial charge on any atom is -0.464 e. The lowest BCUT2D eigenvalue weighted by Crippen LogP contribution is -2.53. The smallest absolute Gasteiger partial charge is 0.410 e. The molecule has 0 aromatic rings. The Balaban J connectivity index is 2.15. The number of ether oxygens (including phenoxy) is 3. The third kappa shape index (κ3) is 5.60. The van der Waals surface area contributed by atoms with Gasteiger partial charge < -0.3 is 29.1 Å². The average molecular weight is 414 g/mol. The Morgan fingerprint density at radius 2 is 1.97 bits per heavy atom. The Hall–Kier alpha value is -1.87. The lowest BCUT2D eigenvalue weighted by molar-refractivity contribution is -0.158. The molecule has 29 heavy (non-hydrogen) atoms. The van der Waals surface area contributed by atoms with Crippen LogP contribution in [0, 0.1) is 11.8 Å². The molecule has 0 radical (unpaired) electrons. The Kier molecular flexibility index (Phi) is 7.87. The molecule has 2 heterocycles. The van der Waals surface area contributed by atoms with E-state index in [9.17, 15) is 19.5 Å². The van der Waals surface area contributed by atoms with Crippen molar-refractivity contribution in [3.05, 3.63) is 0 Å². The van der Waals surface area contributed by atoms with Crippen LogP contribution in [0.15, 0.2) is 0 Å². The minimum absolute atomic E-state index is 0.140. The third-order valence-electron chi connectivity index (χ3n) is 5.38. The van der Waals surface area contributed by atoms with Crippen molar-refractivity contribution in [1.82, 2.24) is 9.80 Å². The van der Waals surface area contributed by atoms with Gasteiger partial charge >= 0.3 is 12.1 Å². The number of amides is 2. The predicted molar refractivity (Wildman–Crippen MR) is 104 cm³/mol. The normalized spacial score (nSPS) is 25.6. The highest BCUT2D eigenvalue weighted by Gasteiger charge is 2.46. The molecule has 0 saturated carbocycles. The van der Waals surface area contributed by atoms with Crippen molar-refractivity contribution in [2.24, 2.45) is 11.8 Å². The highest BCUT2D eigenvalue weighted by atomic mass is 16.6. The van der Waals surface area contributed by atoms with E-state index in [4.69, 9.17) is 14.2 Å². The fourth-order valence-corrected chi connectivity index (χ4v) is 4.01. The first-order chi connectivity index (χ1) is 13.6. The molecule has 2 amide bonds. The molecule has 0 aromatic heterocycles. The van der Waals surface area contributed by atoms with Gasteiger partial charge in [0.25, 0.3) is 0 Å². The van der Waals surface area contributed by atoms with Gasteiger partial charge in [-0.05, 0) is 40.5 Å². The zero-order valence-electron chi connectivity index (χ0n) is 18.1. The molecule has 0 aromatic carbocycles. The number of hydrogen-bond donors (Lipinski definition) is 1. The Labute approximate surface area is 172 Å². The number of likely N-dealkylation sites (N-methyl/N-ethyl adjacent to an activating group) is 1. The molecule has 2 aliphatic heterocycles. The van der Waals surface area contributed by atoms with Gasteiger partial charge in [0.05, 0.1) is 31.8 Å². The quantitative estimate of drug-likeness (QED) is 0.647. The molecule has 2 aliphatic rings. The molecule has 1 N–H and O–H groups in total. The van der Waals surface area contributed by atoms with Crippen molar-refractivity contribution in [3.8, 4) is 0 Å². The lowest BCUT2D eigenvalue weighted by atomic mass is 9.94. The van der Waals surface area contributed by atoms with E-state index in [2.05, 4.69) is 0 Å². The number of hydrogen-bond acceptors (Lipinski definition) is 7. The van der Waals surface area contributed by atoms with E-state index in [1.54, 1.807) is 34.7 Å². The molecule has 9 nitrogen and oxygen atoms in total. The minimum atomic E-state index is -0.750. The number of likely N-dealkylation sites (tertiary alicyclic amines) is 1. The maximum absolute atomic E-state index is 13.3. The number of esters is 1. The van der Waals surface area contributed by atoms with Crippen LogP contribution >= 0.6 is 0 Å². The summed E-state index contributed by atoms with van der Waals surface area (Å²) < 4.78 is 16.0. The Morgan fingerprint density at radius 1 is 1.28 bits per heavy atom. The summed E-state index contributed by atoms with van der Waals surface area (Å²) in [4.78, 5) is 41.1. The van der Waals surface area contributed by atoms with Crippen molar-refractivity contribution in [2.45, 2.75) is 58.2 Å². The first-order valence-corrected chi connectivity index (χ1v) is 10.2. The molecule has 166 valence electrons. The van der Waals surface area contributed by atoms with Gasteiger partial charge in [-0.15, -0.1) is 0 Å². The van der Waals surface area contributed by atoms with E-state index in [0.29, 0.717) is 32.6 Å². The lowest BCUT2D eigenvalue weighted by Gasteiger charge is -2.34. The SMILES string of the molecule is CCOC(=O)[C@H]([C@H]1CCOC1)N(C)C(=O)[C@H]1CCN(C(=O)OC(C)(C)C)[C@@H]1CO. The average Bonchev–Trinajstić information content (AvgIpc) is 3.29. The van der Waals surface area contributed by atoms with Gasteiger partial charge in [-0.3, -0.25) is 4.79 Å². The topological polar surface area (TPSA) is 106 Å². The number of nitrogens with zero attached hydrogens (tertiary/aromatic N) is 2. The Morgan fingerprint density at radius 3 is 2.48 bits per heavy atom. The summed E-state index contributed by atoms with van der Waals surface area (Å²) in [5, 5.41) is 9.90. The van der Waals surface area contributed by atoms with Crippen LogP contribution in [0.25, 0.3) is 0 Å². The van der Waals surface area contributed by atoms with Crippen molar-refractivity contribution < 1.29 is 33.7 Å². The summed E-state index contributed by atoms with van der Waals surface area (Å²) in [6.07, 6.45) is 0.504. The highest BCUT2D eigenvalue weighted by molar-refractivity contribution is 5.87. The maximum atomic E-state index is 13.3. The van der Waals surface area contributed by atoms with E-state index in [1.807, 2.05) is 0 Å². The molecular formula is C20H34N2O7. The summed E-state index contributed by atoms with van der Waals surface area (Å²) in [6.45, 7) is 8.11. The second kappa shape index (κ2) is 9.75. The van der Waals surface area contributed by atoms with E-state index >= 15 is 0 Å². The number of aliphatic hydroxyl groups excluding tert-OH is 1. The van der Waals surface area contributed by atoms with Crippen molar-refractivity contribution in [2.75, 3.05) is 40.0 Å². The molecule has 0 unspecified atom stereocenters. The summed E-state index contributed by atoms with van der Waals surface area (Å²) in [5.74, 6) is -1.50. The summed E-state index contributed by atoms with van der Waals surface area (Å²) in [5.41, 5.74) is -0.673. The monoisotopic (exact) mass is 414 g/mol. The van der Waals surface area contributed by atoms with Crippen LogP contribution in [0.4, 0.5) is 4.79 Å². The molecular weight excluding hydrogens is 380 g/mol. The van der Waals surface area contributed by atoms with Crippen molar-refractivity contribution in [1.29, 1.82) is 0 Å². The number of carbonyl (C=O) groups excluding carboxylic acids is 3. The fraction of sp³-hybridized carbons (Fsp3) is 0.850. The fourth-order valence-electron chi connectivity index (χ4n) is 4.01. The molecule has 0 bridgehead atoms. The number of carbonyl (C=O) groups is 3. The zero-order valence-corrected chi connectivity index (χ0v) is 18.1. The van der Waals surface area contributed by atoms with Crippen LogP contribution in [0.1, 0.15) is 40.5 Å². The second-order valence-electron chi connectivity index (χ2n) is 8.59. The van der Waals surface area contributed by atoms with E-state index in [1.165, 1.54) is 9.80 Å². The molecule has 4 atom stereocenters.